The predicted octanol–water partition coefficient (Wildman–Crippen LogP) is 3.14. The number of nitrogens with one attached hydrogen (secondary N) is 1. The summed E-state index contributed by atoms with van der Waals surface area (Å²) in [5.41, 5.74) is 1.22. The molecule has 0 spiro atoms. The van der Waals surface area contributed by atoms with E-state index in [4.69, 9.17) is 4.74 Å². The zero-order chi connectivity index (χ0) is 18.4. The third kappa shape index (κ3) is 5.24. The number of rotatable bonds is 6. The Bertz CT molecular complexity index is 786. The first-order valence-electron chi connectivity index (χ1n) is 7.71. The van der Waals surface area contributed by atoms with Gasteiger partial charge >= 0.3 is 5.97 Å². The van der Waals surface area contributed by atoms with E-state index < -0.39 is 23.8 Å². The number of anilines is 1. The van der Waals surface area contributed by atoms with Crippen molar-refractivity contribution in [1.82, 2.24) is 0 Å². The van der Waals surface area contributed by atoms with E-state index in [2.05, 4.69) is 5.32 Å². The Morgan fingerprint density at radius 3 is 2.32 bits per heavy atom. The van der Waals surface area contributed by atoms with Crippen LogP contribution in [0.15, 0.2) is 48.5 Å². The molecule has 130 valence electrons. The lowest BCUT2D eigenvalue weighted by molar-refractivity contribution is -0.152. The fourth-order valence-corrected chi connectivity index (χ4v) is 2.12. The second kappa shape index (κ2) is 8.19. The molecule has 0 heterocycles. The van der Waals surface area contributed by atoms with Crippen molar-refractivity contribution in [2.75, 3.05) is 5.32 Å². The lowest BCUT2D eigenvalue weighted by atomic mass is 10.1. The smallest absolute Gasteiger partial charge is 0.311 e. The summed E-state index contributed by atoms with van der Waals surface area (Å²) in [6.07, 6.45) is -1.29. The number of ketones is 1. The molecule has 0 saturated heterocycles. The molecule has 0 aliphatic heterocycles. The molecule has 0 aromatic heterocycles. The van der Waals surface area contributed by atoms with Crippen LogP contribution >= 0.6 is 0 Å². The second-order valence-corrected chi connectivity index (χ2v) is 5.52. The van der Waals surface area contributed by atoms with Crippen molar-refractivity contribution in [3.8, 4) is 0 Å². The maximum atomic E-state index is 13.5. The van der Waals surface area contributed by atoms with E-state index in [0.29, 0.717) is 11.3 Å². The zero-order valence-corrected chi connectivity index (χ0v) is 13.9. The summed E-state index contributed by atoms with van der Waals surface area (Å²) in [4.78, 5) is 35.1. The van der Waals surface area contributed by atoms with Gasteiger partial charge in [0, 0.05) is 11.3 Å². The summed E-state index contributed by atoms with van der Waals surface area (Å²) in [5, 5.41) is 2.59. The SMILES string of the molecule is CC(=O)c1ccc(NC(=O)[C@@H](C)OC(=O)Cc2ccccc2F)cc1. The van der Waals surface area contributed by atoms with Crippen molar-refractivity contribution >= 4 is 23.3 Å². The summed E-state index contributed by atoms with van der Waals surface area (Å²) in [5.74, 6) is -1.78. The van der Waals surface area contributed by atoms with Gasteiger partial charge in [-0.2, -0.15) is 0 Å². The highest BCUT2D eigenvalue weighted by atomic mass is 19.1. The molecular weight excluding hydrogens is 325 g/mol. The summed E-state index contributed by atoms with van der Waals surface area (Å²) < 4.78 is 18.5. The standard InChI is InChI=1S/C19H18FNO4/c1-12(22)14-7-9-16(10-8-14)21-19(24)13(2)25-18(23)11-15-5-3-4-6-17(15)20/h3-10,13H,11H2,1-2H3,(H,21,24)/t13-/m1/s1. The molecule has 2 aromatic rings. The third-order valence-electron chi connectivity index (χ3n) is 3.53. The topological polar surface area (TPSA) is 72.5 Å². The van der Waals surface area contributed by atoms with E-state index in [-0.39, 0.29) is 17.8 Å². The minimum atomic E-state index is -1.04. The van der Waals surface area contributed by atoms with Crippen LogP contribution in [0.4, 0.5) is 10.1 Å². The maximum absolute atomic E-state index is 13.5. The number of hydrogen-bond donors (Lipinski definition) is 1. The highest BCUT2D eigenvalue weighted by molar-refractivity contribution is 5.97. The van der Waals surface area contributed by atoms with Gasteiger partial charge in [-0.3, -0.25) is 14.4 Å². The van der Waals surface area contributed by atoms with Gasteiger partial charge in [0.05, 0.1) is 6.42 Å². The average molecular weight is 343 g/mol. The molecule has 2 rings (SSSR count). The molecule has 0 radical (unpaired) electrons. The van der Waals surface area contributed by atoms with Crippen molar-refractivity contribution in [3.63, 3.8) is 0 Å². The number of halogens is 1. The Hall–Kier alpha value is -3.02. The summed E-state index contributed by atoms with van der Waals surface area (Å²) in [6, 6.07) is 12.2. The lowest BCUT2D eigenvalue weighted by Crippen LogP contribution is -2.30. The van der Waals surface area contributed by atoms with Gasteiger partial charge < -0.3 is 10.1 Å². The van der Waals surface area contributed by atoms with Crippen molar-refractivity contribution in [2.45, 2.75) is 26.4 Å². The molecule has 0 aliphatic rings. The number of hydrogen-bond acceptors (Lipinski definition) is 4. The highest BCUT2D eigenvalue weighted by Crippen LogP contribution is 2.12. The van der Waals surface area contributed by atoms with Crippen molar-refractivity contribution in [3.05, 3.63) is 65.5 Å². The van der Waals surface area contributed by atoms with Crippen LogP contribution in [0, 0.1) is 5.82 Å². The van der Waals surface area contributed by atoms with Crippen LogP contribution in [-0.4, -0.2) is 23.8 Å². The molecule has 1 amide bonds. The molecule has 0 aliphatic carbocycles. The Labute approximate surface area is 144 Å². The van der Waals surface area contributed by atoms with Crippen LogP contribution in [0.3, 0.4) is 0 Å². The molecule has 5 nitrogen and oxygen atoms in total. The van der Waals surface area contributed by atoms with Gasteiger partial charge in [-0.1, -0.05) is 18.2 Å². The molecular formula is C19H18FNO4. The fourth-order valence-electron chi connectivity index (χ4n) is 2.12. The van der Waals surface area contributed by atoms with E-state index in [1.54, 1.807) is 30.3 Å². The number of benzene rings is 2. The largest absolute Gasteiger partial charge is 0.452 e. The first kappa shape index (κ1) is 18.3. The normalized spacial score (nSPS) is 11.5. The zero-order valence-electron chi connectivity index (χ0n) is 13.9. The van der Waals surface area contributed by atoms with E-state index in [9.17, 15) is 18.8 Å². The van der Waals surface area contributed by atoms with Crippen LogP contribution in [0.1, 0.15) is 29.8 Å². The van der Waals surface area contributed by atoms with E-state index in [1.165, 1.54) is 32.0 Å². The quantitative estimate of drug-likeness (QED) is 0.646. The monoisotopic (exact) mass is 343 g/mol. The van der Waals surface area contributed by atoms with Gasteiger partial charge in [-0.15, -0.1) is 0 Å². The van der Waals surface area contributed by atoms with Gasteiger partial charge in [0.2, 0.25) is 0 Å². The Balaban J connectivity index is 1.90. The minimum absolute atomic E-state index is 0.0756. The first-order valence-corrected chi connectivity index (χ1v) is 7.71. The Morgan fingerprint density at radius 1 is 1.08 bits per heavy atom. The van der Waals surface area contributed by atoms with Gasteiger partial charge in [-0.05, 0) is 49.7 Å². The Morgan fingerprint density at radius 2 is 1.72 bits per heavy atom. The highest BCUT2D eigenvalue weighted by Gasteiger charge is 2.19. The molecule has 0 unspecified atom stereocenters. The first-order chi connectivity index (χ1) is 11.9. The fraction of sp³-hybridized carbons (Fsp3) is 0.211. The average Bonchev–Trinajstić information content (AvgIpc) is 2.57. The predicted molar refractivity (Wildman–Crippen MR) is 90.7 cm³/mol. The summed E-state index contributed by atoms with van der Waals surface area (Å²) in [6.45, 7) is 2.88. The number of esters is 1. The van der Waals surface area contributed by atoms with Gasteiger partial charge in [0.1, 0.15) is 5.82 Å². The molecule has 1 atom stereocenters. The molecule has 0 bridgehead atoms. The van der Waals surface area contributed by atoms with Crippen LogP contribution in [-0.2, 0) is 20.7 Å². The minimum Gasteiger partial charge on any atom is -0.452 e. The van der Waals surface area contributed by atoms with Crippen LogP contribution in [0.5, 0.6) is 0 Å². The second-order valence-electron chi connectivity index (χ2n) is 5.52. The molecule has 25 heavy (non-hydrogen) atoms. The number of ether oxygens (including phenoxy) is 1. The number of carbonyl (C=O) groups excluding carboxylic acids is 3. The van der Waals surface area contributed by atoms with Gasteiger partial charge in [-0.25, -0.2) is 4.39 Å². The summed E-state index contributed by atoms with van der Waals surface area (Å²) in [7, 11) is 0. The van der Waals surface area contributed by atoms with Crippen LogP contribution in [0.25, 0.3) is 0 Å². The van der Waals surface area contributed by atoms with Crippen molar-refractivity contribution in [2.24, 2.45) is 0 Å². The van der Waals surface area contributed by atoms with Crippen molar-refractivity contribution < 1.29 is 23.5 Å². The lowest BCUT2D eigenvalue weighted by Gasteiger charge is -2.14. The van der Waals surface area contributed by atoms with E-state index in [0.717, 1.165) is 0 Å². The number of carbonyl (C=O) groups is 3. The summed E-state index contributed by atoms with van der Waals surface area (Å²) >= 11 is 0. The number of Topliss-reactive ketones (excluding diaryl/α,β-unsaturated/α-hetero) is 1. The molecule has 6 heteroatoms. The molecule has 2 aromatic carbocycles. The van der Waals surface area contributed by atoms with E-state index >= 15 is 0 Å². The third-order valence-corrected chi connectivity index (χ3v) is 3.53. The molecule has 1 N–H and O–H groups in total. The van der Waals surface area contributed by atoms with Crippen molar-refractivity contribution in [1.29, 1.82) is 0 Å². The van der Waals surface area contributed by atoms with Crippen LogP contribution < -0.4 is 5.32 Å². The molecule has 0 fully saturated rings. The van der Waals surface area contributed by atoms with Gasteiger partial charge in [0.25, 0.3) is 5.91 Å². The number of amides is 1. The van der Waals surface area contributed by atoms with Crippen LogP contribution in [0.2, 0.25) is 0 Å². The van der Waals surface area contributed by atoms with Gasteiger partial charge in [0.15, 0.2) is 11.9 Å². The Kier molecular flexibility index (Phi) is 6.00. The van der Waals surface area contributed by atoms with E-state index in [1.807, 2.05) is 0 Å². The molecule has 0 saturated carbocycles. The maximum Gasteiger partial charge on any atom is 0.311 e.